The van der Waals surface area contributed by atoms with Gasteiger partial charge in [-0.05, 0) is 12.8 Å². The van der Waals surface area contributed by atoms with Crippen LogP contribution in [0, 0.1) is 0 Å². The monoisotopic (exact) mass is 160 g/mol. The van der Waals surface area contributed by atoms with Gasteiger partial charge in [0.25, 0.3) is 0 Å². The van der Waals surface area contributed by atoms with E-state index in [1.54, 1.807) is 0 Å². The van der Waals surface area contributed by atoms with Crippen LogP contribution in [0.1, 0.15) is 33.1 Å². The van der Waals surface area contributed by atoms with E-state index < -0.39 is 0 Å². The highest BCUT2D eigenvalue weighted by Gasteiger charge is 1.99. The molecule has 0 amide bonds. The summed E-state index contributed by atoms with van der Waals surface area (Å²) in [6, 6.07) is 0. The summed E-state index contributed by atoms with van der Waals surface area (Å²) in [5, 5.41) is 0.705. The lowest BCUT2D eigenvalue weighted by molar-refractivity contribution is -0.105. The standard InChI is InChI=1S/C8H13ClO/c1-3-5-7(6-10)8(9)4-2/h6H,3-5H2,1-2H3/b8-7-. The number of rotatable bonds is 4. The Balaban J connectivity index is 4.14. The molecule has 0 fully saturated rings. The summed E-state index contributed by atoms with van der Waals surface area (Å²) < 4.78 is 0. The van der Waals surface area contributed by atoms with Gasteiger partial charge in [0.2, 0.25) is 0 Å². The highest BCUT2D eigenvalue weighted by molar-refractivity contribution is 6.31. The van der Waals surface area contributed by atoms with E-state index in [0.29, 0.717) is 5.03 Å². The van der Waals surface area contributed by atoms with Crippen molar-refractivity contribution in [2.75, 3.05) is 0 Å². The van der Waals surface area contributed by atoms with Crippen LogP contribution < -0.4 is 0 Å². The molecule has 0 spiro atoms. The van der Waals surface area contributed by atoms with E-state index in [9.17, 15) is 4.79 Å². The first-order chi connectivity index (χ1) is 4.76. The zero-order valence-corrected chi connectivity index (χ0v) is 7.24. The molecule has 2 heteroatoms. The Kier molecular flexibility index (Phi) is 5.32. The topological polar surface area (TPSA) is 17.1 Å². The van der Waals surface area contributed by atoms with Crippen molar-refractivity contribution in [1.29, 1.82) is 0 Å². The minimum absolute atomic E-state index is 0.705. The molecule has 0 aromatic rings. The maximum atomic E-state index is 10.4. The summed E-state index contributed by atoms with van der Waals surface area (Å²) in [6.45, 7) is 3.98. The molecule has 0 saturated carbocycles. The van der Waals surface area contributed by atoms with Crippen molar-refractivity contribution in [2.45, 2.75) is 33.1 Å². The molecule has 0 N–H and O–H groups in total. The Morgan fingerprint density at radius 1 is 1.50 bits per heavy atom. The first-order valence-electron chi connectivity index (χ1n) is 3.58. The number of aldehydes is 1. The summed E-state index contributed by atoms with van der Waals surface area (Å²) in [6.07, 6.45) is 3.39. The van der Waals surface area contributed by atoms with Gasteiger partial charge in [0.15, 0.2) is 0 Å². The van der Waals surface area contributed by atoms with Crippen LogP contribution in [-0.2, 0) is 4.79 Å². The molecule has 0 aromatic carbocycles. The molecule has 10 heavy (non-hydrogen) atoms. The molecule has 0 atom stereocenters. The summed E-state index contributed by atoms with van der Waals surface area (Å²) >= 11 is 5.76. The molecule has 0 heterocycles. The van der Waals surface area contributed by atoms with Gasteiger partial charge < -0.3 is 0 Å². The predicted octanol–water partition coefficient (Wildman–Crippen LogP) is 2.89. The van der Waals surface area contributed by atoms with Crippen molar-refractivity contribution in [1.82, 2.24) is 0 Å². The van der Waals surface area contributed by atoms with Gasteiger partial charge in [0, 0.05) is 10.6 Å². The first kappa shape index (κ1) is 9.70. The number of carbonyl (C=O) groups is 1. The van der Waals surface area contributed by atoms with Crippen LogP contribution in [0.15, 0.2) is 10.6 Å². The number of halogens is 1. The van der Waals surface area contributed by atoms with Crippen molar-refractivity contribution in [2.24, 2.45) is 0 Å². The Morgan fingerprint density at radius 2 is 2.10 bits per heavy atom. The van der Waals surface area contributed by atoms with Gasteiger partial charge in [-0.3, -0.25) is 4.79 Å². The Labute approximate surface area is 67.1 Å². The van der Waals surface area contributed by atoms with Gasteiger partial charge in [0.05, 0.1) is 0 Å². The fourth-order valence-electron chi connectivity index (χ4n) is 0.755. The highest BCUT2D eigenvalue weighted by Crippen LogP contribution is 2.15. The molecule has 0 radical (unpaired) electrons. The molecular weight excluding hydrogens is 148 g/mol. The molecule has 0 unspecified atom stereocenters. The Hall–Kier alpha value is -0.300. The number of allylic oxidation sites excluding steroid dienone is 2. The van der Waals surface area contributed by atoms with Crippen molar-refractivity contribution in [3.8, 4) is 0 Å². The molecule has 0 aliphatic heterocycles. The second-order valence-electron chi connectivity index (χ2n) is 2.15. The zero-order chi connectivity index (χ0) is 7.98. The molecule has 0 aromatic heterocycles. The average Bonchev–Trinajstić information content (AvgIpc) is 1.99. The van der Waals surface area contributed by atoms with E-state index in [4.69, 9.17) is 11.6 Å². The van der Waals surface area contributed by atoms with Crippen LogP contribution in [0.5, 0.6) is 0 Å². The molecular formula is C8H13ClO. The zero-order valence-electron chi connectivity index (χ0n) is 6.48. The summed E-state index contributed by atoms with van der Waals surface area (Å²) in [7, 11) is 0. The number of hydrogen-bond donors (Lipinski definition) is 0. The lowest BCUT2D eigenvalue weighted by Gasteiger charge is -1.98. The largest absolute Gasteiger partial charge is 0.298 e. The van der Waals surface area contributed by atoms with Crippen LogP contribution in [0.25, 0.3) is 0 Å². The molecule has 0 aliphatic carbocycles. The van der Waals surface area contributed by atoms with E-state index in [0.717, 1.165) is 31.1 Å². The molecule has 1 nitrogen and oxygen atoms in total. The lowest BCUT2D eigenvalue weighted by atomic mass is 10.1. The molecule has 0 aliphatic rings. The fraction of sp³-hybridized carbons (Fsp3) is 0.625. The SMILES string of the molecule is CCC/C(C=O)=C(/Cl)CC. The van der Waals surface area contributed by atoms with E-state index in [1.165, 1.54) is 0 Å². The van der Waals surface area contributed by atoms with Gasteiger partial charge in [0.1, 0.15) is 6.29 Å². The fourth-order valence-corrected chi connectivity index (χ4v) is 0.894. The summed E-state index contributed by atoms with van der Waals surface area (Å²) in [5.74, 6) is 0. The van der Waals surface area contributed by atoms with E-state index in [2.05, 4.69) is 0 Å². The van der Waals surface area contributed by atoms with Crippen LogP contribution >= 0.6 is 11.6 Å². The van der Waals surface area contributed by atoms with Gasteiger partial charge in [-0.1, -0.05) is 31.9 Å². The Morgan fingerprint density at radius 3 is 2.40 bits per heavy atom. The summed E-state index contributed by atoms with van der Waals surface area (Å²) in [4.78, 5) is 10.4. The van der Waals surface area contributed by atoms with Gasteiger partial charge in [-0.15, -0.1) is 0 Å². The molecule has 58 valence electrons. The van der Waals surface area contributed by atoms with Gasteiger partial charge >= 0.3 is 0 Å². The highest BCUT2D eigenvalue weighted by atomic mass is 35.5. The van der Waals surface area contributed by atoms with Crippen molar-refractivity contribution >= 4 is 17.9 Å². The quantitative estimate of drug-likeness (QED) is 0.457. The van der Waals surface area contributed by atoms with Crippen molar-refractivity contribution in [3.05, 3.63) is 10.6 Å². The minimum Gasteiger partial charge on any atom is -0.298 e. The van der Waals surface area contributed by atoms with E-state index in [1.807, 2.05) is 13.8 Å². The van der Waals surface area contributed by atoms with Crippen LogP contribution in [0.3, 0.4) is 0 Å². The van der Waals surface area contributed by atoms with Gasteiger partial charge in [-0.2, -0.15) is 0 Å². The summed E-state index contributed by atoms with van der Waals surface area (Å²) in [5.41, 5.74) is 0.756. The third kappa shape index (κ3) is 3.02. The third-order valence-electron chi connectivity index (χ3n) is 1.32. The van der Waals surface area contributed by atoms with E-state index >= 15 is 0 Å². The normalized spacial score (nSPS) is 12.7. The second-order valence-corrected chi connectivity index (χ2v) is 2.61. The minimum atomic E-state index is 0.705. The van der Waals surface area contributed by atoms with Gasteiger partial charge in [-0.25, -0.2) is 0 Å². The van der Waals surface area contributed by atoms with Crippen LogP contribution in [0.2, 0.25) is 0 Å². The molecule has 0 bridgehead atoms. The van der Waals surface area contributed by atoms with Crippen LogP contribution in [0.4, 0.5) is 0 Å². The van der Waals surface area contributed by atoms with E-state index in [-0.39, 0.29) is 0 Å². The first-order valence-corrected chi connectivity index (χ1v) is 3.96. The lowest BCUT2D eigenvalue weighted by Crippen LogP contribution is -1.87. The van der Waals surface area contributed by atoms with Crippen molar-refractivity contribution in [3.63, 3.8) is 0 Å². The maximum absolute atomic E-state index is 10.4. The predicted molar refractivity (Wildman–Crippen MR) is 44.1 cm³/mol. The Bertz CT molecular complexity index is 138. The number of hydrogen-bond acceptors (Lipinski definition) is 1. The molecule has 0 saturated heterocycles. The smallest absolute Gasteiger partial charge is 0.147 e. The third-order valence-corrected chi connectivity index (χ3v) is 1.83. The average molecular weight is 161 g/mol. The van der Waals surface area contributed by atoms with Crippen LogP contribution in [-0.4, -0.2) is 6.29 Å². The second kappa shape index (κ2) is 5.48. The van der Waals surface area contributed by atoms with Crippen molar-refractivity contribution < 1.29 is 4.79 Å². The number of carbonyl (C=O) groups excluding carboxylic acids is 1. The molecule has 0 rings (SSSR count). The maximum Gasteiger partial charge on any atom is 0.147 e.